The van der Waals surface area contributed by atoms with E-state index in [1.165, 1.54) is 0 Å². The van der Waals surface area contributed by atoms with Crippen LogP contribution >= 0.6 is 0 Å². The van der Waals surface area contributed by atoms with E-state index in [2.05, 4.69) is 20.0 Å². The maximum absolute atomic E-state index is 12.4. The van der Waals surface area contributed by atoms with Gasteiger partial charge in [-0.3, -0.25) is 9.78 Å². The van der Waals surface area contributed by atoms with E-state index in [4.69, 9.17) is 4.74 Å². The summed E-state index contributed by atoms with van der Waals surface area (Å²) in [6, 6.07) is 1.85. The van der Waals surface area contributed by atoms with Crippen molar-refractivity contribution in [3.8, 4) is 5.82 Å². The Morgan fingerprint density at radius 1 is 1.17 bits per heavy atom. The first-order valence-electron chi connectivity index (χ1n) is 8.29. The minimum absolute atomic E-state index is 0.128. The van der Waals surface area contributed by atoms with Gasteiger partial charge in [0.1, 0.15) is 11.9 Å². The van der Waals surface area contributed by atoms with Crippen LogP contribution in [-0.4, -0.2) is 69.4 Å². The number of hydrogen-bond acceptors (Lipinski definition) is 6. The van der Waals surface area contributed by atoms with Gasteiger partial charge in [-0.05, 0) is 18.9 Å². The van der Waals surface area contributed by atoms with Crippen LogP contribution in [0.1, 0.15) is 12.8 Å². The van der Waals surface area contributed by atoms with E-state index in [9.17, 15) is 4.79 Å². The average molecular weight is 328 g/mol. The monoisotopic (exact) mass is 328 g/mol. The molecule has 4 heterocycles. The molecule has 126 valence electrons. The number of anilines is 1. The molecule has 1 unspecified atom stereocenters. The van der Waals surface area contributed by atoms with Crippen LogP contribution in [0.25, 0.3) is 5.82 Å². The zero-order valence-electron chi connectivity index (χ0n) is 13.4. The van der Waals surface area contributed by atoms with Crippen molar-refractivity contribution >= 4 is 11.7 Å². The molecule has 8 heteroatoms. The topological polar surface area (TPSA) is 76.4 Å². The first-order chi connectivity index (χ1) is 11.8. The van der Waals surface area contributed by atoms with Gasteiger partial charge >= 0.3 is 0 Å². The first kappa shape index (κ1) is 15.1. The number of piperazine rings is 1. The SMILES string of the molecule is O=C(C1CCCO1)N1CCN(c2cncc(-n3cccn3)n2)CC1. The highest BCUT2D eigenvalue weighted by molar-refractivity contribution is 5.81. The molecule has 0 aliphatic carbocycles. The van der Waals surface area contributed by atoms with E-state index < -0.39 is 0 Å². The van der Waals surface area contributed by atoms with Crippen molar-refractivity contribution in [3.63, 3.8) is 0 Å². The lowest BCUT2D eigenvalue weighted by atomic mass is 10.2. The van der Waals surface area contributed by atoms with Crippen LogP contribution in [0.5, 0.6) is 0 Å². The number of nitrogens with zero attached hydrogens (tertiary/aromatic N) is 6. The van der Waals surface area contributed by atoms with E-state index in [-0.39, 0.29) is 12.0 Å². The highest BCUT2D eigenvalue weighted by atomic mass is 16.5. The van der Waals surface area contributed by atoms with E-state index in [0.717, 1.165) is 31.7 Å². The Kier molecular flexibility index (Phi) is 4.12. The van der Waals surface area contributed by atoms with Gasteiger partial charge in [0.25, 0.3) is 5.91 Å². The normalized spacial score (nSPS) is 21.2. The molecule has 0 spiro atoms. The zero-order valence-corrected chi connectivity index (χ0v) is 13.4. The molecule has 1 amide bonds. The van der Waals surface area contributed by atoms with Gasteiger partial charge in [-0.15, -0.1) is 0 Å². The van der Waals surface area contributed by atoms with Crippen LogP contribution in [0.3, 0.4) is 0 Å². The molecular weight excluding hydrogens is 308 g/mol. The molecular formula is C16H20N6O2. The number of hydrogen-bond donors (Lipinski definition) is 0. The standard InChI is InChI=1S/C16H20N6O2/c23-16(13-3-1-10-24-13)21-8-6-20(7-9-21)14-11-17-12-15(19-14)22-5-2-4-18-22/h2,4-5,11-13H,1,3,6-10H2. The van der Waals surface area contributed by atoms with Gasteiger partial charge in [-0.1, -0.05) is 0 Å². The summed E-state index contributed by atoms with van der Waals surface area (Å²) in [5.74, 6) is 1.63. The third-order valence-electron chi connectivity index (χ3n) is 4.47. The van der Waals surface area contributed by atoms with Crippen LogP contribution in [0, 0.1) is 0 Å². The number of rotatable bonds is 3. The molecule has 0 radical (unpaired) electrons. The van der Waals surface area contributed by atoms with Crippen molar-refractivity contribution in [2.24, 2.45) is 0 Å². The molecule has 2 aromatic heterocycles. The zero-order chi connectivity index (χ0) is 16.4. The highest BCUT2D eigenvalue weighted by Gasteiger charge is 2.30. The number of aromatic nitrogens is 4. The maximum atomic E-state index is 12.4. The summed E-state index contributed by atoms with van der Waals surface area (Å²) in [6.07, 6.45) is 8.58. The fraction of sp³-hybridized carbons (Fsp3) is 0.500. The predicted octanol–water partition coefficient (Wildman–Crippen LogP) is 0.490. The van der Waals surface area contributed by atoms with Crippen LogP contribution in [0.15, 0.2) is 30.9 Å². The van der Waals surface area contributed by atoms with Gasteiger partial charge in [-0.25, -0.2) is 9.67 Å². The molecule has 8 nitrogen and oxygen atoms in total. The van der Waals surface area contributed by atoms with Crippen molar-refractivity contribution < 1.29 is 9.53 Å². The molecule has 0 bridgehead atoms. The second-order valence-electron chi connectivity index (χ2n) is 6.00. The molecule has 1 atom stereocenters. The van der Waals surface area contributed by atoms with Gasteiger partial charge in [0.05, 0.1) is 12.4 Å². The number of ether oxygens (including phenoxy) is 1. The molecule has 2 saturated heterocycles. The van der Waals surface area contributed by atoms with Crippen molar-refractivity contribution in [1.82, 2.24) is 24.6 Å². The lowest BCUT2D eigenvalue weighted by molar-refractivity contribution is -0.141. The fourth-order valence-electron chi connectivity index (χ4n) is 3.14. The highest BCUT2D eigenvalue weighted by Crippen LogP contribution is 2.18. The fourth-order valence-corrected chi connectivity index (χ4v) is 3.14. The Balaban J connectivity index is 1.41. The number of carbonyl (C=O) groups is 1. The molecule has 24 heavy (non-hydrogen) atoms. The smallest absolute Gasteiger partial charge is 0.251 e. The van der Waals surface area contributed by atoms with E-state index in [1.54, 1.807) is 23.3 Å². The van der Waals surface area contributed by atoms with Gasteiger partial charge < -0.3 is 14.5 Å². The molecule has 0 aromatic carbocycles. The third kappa shape index (κ3) is 2.96. The Morgan fingerprint density at radius 2 is 2.00 bits per heavy atom. The molecule has 2 aliphatic heterocycles. The van der Waals surface area contributed by atoms with Crippen LogP contribution in [0.4, 0.5) is 5.82 Å². The van der Waals surface area contributed by atoms with Gasteiger partial charge in [0.15, 0.2) is 5.82 Å². The summed E-state index contributed by atoms with van der Waals surface area (Å²) >= 11 is 0. The Labute approximate surface area is 140 Å². The quantitative estimate of drug-likeness (QED) is 0.816. The molecule has 0 N–H and O–H groups in total. The summed E-state index contributed by atoms with van der Waals surface area (Å²) < 4.78 is 7.19. The van der Waals surface area contributed by atoms with Crippen molar-refractivity contribution in [1.29, 1.82) is 0 Å². The predicted molar refractivity (Wildman–Crippen MR) is 86.9 cm³/mol. The van der Waals surface area contributed by atoms with Crippen LogP contribution < -0.4 is 4.90 Å². The molecule has 0 saturated carbocycles. The van der Waals surface area contributed by atoms with E-state index in [0.29, 0.717) is 25.5 Å². The molecule has 2 aliphatic rings. The Hall–Kier alpha value is -2.48. The third-order valence-corrected chi connectivity index (χ3v) is 4.47. The summed E-state index contributed by atoms with van der Waals surface area (Å²) in [5.41, 5.74) is 0. The molecule has 2 aromatic rings. The van der Waals surface area contributed by atoms with E-state index >= 15 is 0 Å². The van der Waals surface area contributed by atoms with Gasteiger partial charge in [0, 0.05) is 45.2 Å². The number of amides is 1. The van der Waals surface area contributed by atoms with Crippen molar-refractivity contribution in [2.45, 2.75) is 18.9 Å². The summed E-state index contributed by atoms with van der Waals surface area (Å²) in [5, 5.41) is 4.18. The van der Waals surface area contributed by atoms with Crippen LogP contribution in [-0.2, 0) is 9.53 Å². The molecule has 2 fully saturated rings. The number of carbonyl (C=O) groups excluding carboxylic acids is 1. The van der Waals surface area contributed by atoms with Gasteiger partial charge in [-0.2, -0.15) is 5.10 Å². The summed E-state index contributed by atoms with van der Waals surface area (Å²) in [6.45, 7) is 3.57. The van der Waals surface area contributed by atoms with Crippen molar-refractivity contribution in [3.05, 3.63) is 30.9 Å². The summed E-state index contributed by atoms with van der Waals surface area (Å²) in [4.78, 5) is 25.3. The maximum Gasteiger partial charge on any atom is 0.251 e. The van der Waals surface area contributed by atoms with Gasteiger partial charge in [0.2, 0.25) is 0 Å². The Bertz CT molecular complexity index is 690. The minimum Gasteiger partial charge on any atom is -0.368 e. The first-order valence-corrected chi connectivity index (χ1v) is 8.29. The second-order valence-corrected chi connectivity index (χ2v) is 6.00. The van der Waals surface area contributed by atoms with Crippen LogP contribution in [0.2, 0.25) is 0 Å². The summed E-state index contributed by atoms with van der Waals surface area (Å²) in [7, 11) is 0. The Morgan fingerprint density at radius 3 is 2.71 bits per heavy atom. The lowest BCUT2D eigenvalue weighted by Crippen LogP contribution is -2.51. The largest absolute Gasteiger partial charge is 0.368 e. The van der Waals surface area contributed by atoms with E-state index in [1.807, 2.05) is 17.2 Å². The molecule has 4 rings (SSSR count). The average Bonchev–Trinajstić information content (AvgIpc) is 3.35. The second kappa shape index (κ2) is 6.56. The lowest BCUT2D eigenvalue weighted by Gasteiger charge is -2.36. The minimum atomic E-state index is -0.237. The van der Waals surface area contributed by atoms with Crippen molar-refractivity contribution in [2.75, 3.05) is 37.7 Å².